The lowest BCUT2D eigenvalue weighted by molar-refractivity contribution is -0.420. The fraction of sp³-hybridized carbons (Fsp3) is 0.333. The minimum Gasteiger partial charge on any atom is -0.454 e. The molecule has 1 aliphatic rings. The van der Waals surface area contributed by atoms with Crippen LogP contribution in [0.3, 0.4) is 0 Å². The normalized spacial score (nSPS) is 16.2. The standard InChI is InChI=1S/C9H11NO2/c1-6(10)7-2-3-8-9(4-7)12-5-11-8/h2-4,6H,5,10H2,1H3/p+1. The predicted molar refractivity (Wildman–Crippen MR) is 43.9 cm³/mol. The number of hydrogen-bond donors (Lipinski definition) is 1. The number of hydrogen-bond acceptors (Lipinski definition) is 2. The van der Waals surface area contributed by atoms with Gasteiger partial charge in [-0.3, -0.25) is 0 Å². The van der Waals surface area contributed by atoms with Crippen LogP contribution in [0, 0.1) is 0 Å². The van der Waals surface area contributed by atoms with Crippen LogP contribution < -0.4 is 15.2 Å². The molecule has 0 bridgehead atoms. The van der Waals surface area contributed by atoms with Crippen molar-refractivity contribution in [3.8, 4) is 11.5 Å². The lowest BCUT2D eigenvalue weighted by Crippen LogP contribution is -2.51. The van der Waals surface area contributed by atoms with E-state index in [1.54, 1.807) is 0 Å². The second kappa shape index (κ2) is 2.68. The molecular weight excluding hydrogens is 154 g/mol. The molecule has 1 aromatic rings. The highest BCUT2D eigenvalue weighted by atomic mass is 16.7. The maximum absolute atomic E-state index is 5.24. The second-order valence-electron chi connectivity index (χ2n) is 3.01. The van der Waals surface area contributed by atoms with E-state index in [1.165, 1.54) is 5.56 Å². The molecule has 0 aliphatic carbocycles. The number of quaternary nitrogens is 1. The van der Waals surface area contributed by atoms with Crippen LogP contribution >= 0.6 is 0 Å². The maximum Gasteiger partial charge on any atom is 0.231 e. The highest BCUT2D eigenvalue weighted by molar-refractivity contribution is 5.44. The smallest absolute Gasteiger partial charge is 0.231 e. The quantitative estimate of drug-likeness (QED) is 0.668. The Morgan fingerprint density at radius 1 is 1.33 bits per heavy atom. The molecule has 2 rings (SSSR count). The van der Waals surface area contributed by atoms with Crippen molar-refractivity contribution in [2.45, 2.75) is 13.0 Å². The third-order valence-corrected chi connectivity index (χ3v) is 1.97. The largest absolute Gasteiger partial charge is 0.454 e. The van der Waals surface area contributed by atoms with Gasteiger partial charge in [-0.25, -0.2) is 0 Å². The van der Waals surface area contributed by atoms with E-state index in [0.29, 0.717) is 12.8 Å². The first-order valence-corrected chi connectivity index (χ1v) is 4.00. The van der Waals surface area contributed by atoms with Crippen LogP contribution in [-0.2, 0) is 0 Å². The Hall–Kier alpha value is -1.22. The molecule has 3 nitrogen and oxygen atoms in total. The van der Waals surface area contributed by atoms with Crippen LogP contribution in [-0.4, -0.2) is 6.79 Å². The SMILES string of the molecule is CC([NH3+])c1ccc2c(c1)OCO2. The summed E-state index contributed by atoms with van der Waals surface area (Å²) in [6.45, 7) is 2.39. The summed E-state index contributed by atoms with van der Waals surface area (Å²) in [6, 6.07) is 6.23. The van der Waals surface area contributed by atoms with Gasteiger partial charge in [-0.2, -0.15) is 0 Å². The molecule has 1 atom stereocenters. The molecule has 0 radical (unpaired) electrons. The lowest BCUT2D eigenvalue weighted by Gasteiger charge is -2.02. The van der Waals surface area contributed by atoms with E-state index in [-0.39, 0.29) is 0 Å². The lowest BCUT2D eigenvalue weighted by atomic mass is 10.1. The monoisotopic (exact) mass is 166 g/mol. The van der Waals surface area contributed by atoms with Gasteiger partial charge in [0.25, 0.3) is 0 Å². The zero-order valence-electron chi connectivity index (χ0n) is 7.04. The van der Waals surface area contributed by atoms with E-state index >= 15 is 0 Å². The highest BCUT2D eigenvalue weighted by Crippen LogP contribution is 2.33. The summed E-state index contributed by atoms with van der Waals surface area (Å²) >= 11 is 0. The number of benzene rings is 1. The zero-order valence-corrected chi connectivity index (χ0v) is 7.04. The summed E-state index contributed by atoms with van der Waals surface area (Å²) < 4.78 is 10.4. The van der Waals surface area contributed by atoms with Gasteiger partial charge in [0.05, 0.1) is 0 Å². The summed E-state index contributed by atoms with van der Waals surface area (Å²) in [6.07, 6.45) is 0. The van der Waals surface area contributed by atoms with Crippen molar-refractivity contribution in [1.29, 1.82) is 0 Å². The fourth-order valence-corrected chi connectivity index (χ4v) is 1.22. The number of ether oxygens (including phenoxy) is 2. The van der Waals surface area contributed by atoms with Crippen molar-refractivity contribution in [3.05, 3.63) is 23.8 Å². The van der Waals surface area contributed by atoms with Crippen molar-refractivity contribution in [3.63, 3.8) is 0 Å². The van der Waals surface area contributed by atoms with Gasteiger partial charge in [-0.15, -0.1) is 0 Å². The van der Waals surface area contributed by atoms with Crippen LogP contribution in [0.5, 0.6) is 11.5 Å². The summed E-state index contributed by atoms with van der Waals surface area (Å²) in [5.74, 6) is 1.67. The third-order valence-electron chi connectivity index (χ3n) is 1.97. The van der Waals surface area contributed by atoms with Crippen molar-refractivity contribution in [2.24, 2.45) is 0 Å². The van der Waals surface area contributed by atoms with E-state index in [9.17, 15) is 0 Å². The molecular formula is C9H12NO2+. The Labute approximate surface area is 71.1 Å². The molecule has 3 heteroatoms. The molecule has 0 spiro atoms. The summed E-state index contributed by atoms with van der Waals surface area (Å²) in [5, 5.41) is 0. The summed E-state index contributed by atoms with van der Waals surface area (Å²) in [4.78, 5) is 0. The molecule has 0 fully saturated rings. The average molecular weight is 166 g/mol. The maximum atomic E-state index is 5.24. The van der Waals surface area contributed by atoms with Crippen molar-refractivity contribution in [1.82, 2.24) is 0 Å². The Bertz CT molecular complexity index is 297. The van der Waals surface area contributed by atoms with Crippen molar-refractivity contribution in [2.75, 3.05) is 6.79 Å². The van der Waals surface area contributed by atoms with Gasteiger partial charge in [0.2, 0.25) is 6.79 Å². The van der Waals surface area contributed by atoms with Gasteiger partial charge in [0, 0.05) is 5.56 Å². The first-order chi connectivity index (χ1) is 5.77. The van der Waals surface area contributed by atoms with E-state index in [4.69, 9.17) is 9.47 Å². The van der Waals surface area contributed by atoms with E-state index in [1.807, 2.05) is 18.2 Å². The molecule has 1 aliphatic heterocycles. The minimum absolute atomic E-state index is 0.291. The first-order valence-electron chi connectivity index (χ1n) is 4.00. The molecule has 1 unspecified atom stereocenters. The van der Waals surface area contributed by atoms with Gasteiger partial charge < -0.3 is 15.2 Å². The van der Waals surface area contributed by atoms with Gasteiger partial charge in [0.15, 0.2) is 11.5 Å². The molecule has 1 aromatic carbocycles. The van der Waals surface area contributed by atoms with Crippen LogP contribution in [0.25, 0.3) is 0 Å². The van der Waals surface area contributed by atoms with E-state index in [2.05, 4.69) is 12.7 Å². The van der Waals surface area contributed by atoms with Crippen LogP contribution in [0.15, 0.2) is 18.2 Å². The molecule has 0 aromatic heterocycles. The Morgan fingerprint density at radius 2 is 2.08 bits per heavy atom. The molecule has 3 N–H and O–H groups in total. The average Bonchev–Trinajstić information content (AvgIpc) is 2.49. The Morgan fingerprint density at radius 3 is 2.83 bits per heavy atom. The molecule has 0 saturated heterocycles. The molecule has 1 heterocycles. The van der Waals surface area contributed by atoms with Gasteiger partial charge >= 0.3 is 0 Å². The fourth-order valence-electron chi connectivity index (χ4n) is 1.22. The molecule has 0 amide bonds. The molecule has 64 valence electrons. The number of rotatable bonds is 1. The zero-order chi connectivity index (χ0) is 8.55. The van der Waals surface area contributed by atoms with Gasteiger partial charge in [0.1, 0.15) is 6.04 Å². The van der Waals surface area contributed by atoms with Crippen LogP contribution in [0.2, 0.25) is 0 Å². The van der Waals surface area contributed by atoms with Gasteiger partial charge in [-0.05, 0) is 25.1 Å². The Balaban J connectivity index is 2.39. The van der Waals surface area contributed by atoms with E-state index < -0.39 is 0 Å². The third kappa shape index (κ3) is 1.12. The topological polar surface area (TPSA) is 46.1 Å². The van der Waals surface area contributed by atoms with Crippen LogP contribution in [0.4, 0.5) is 0 Å². The van der Waals surface area contributed by atoms with Crippen molar-refractivity contribution < 1.29 is 15.2 Å². The second-order valence-corrected chi connectivity index (χ2v) is 3.01. The minimum atomic E-state index is 0.291. The van der Waals surface area contributed by atoms with Gasteiger partial charge in [-0.1, -0.05) is 0 Å². The molecule has 12 heavy (non-hydrogen) atoms. The van der Waals surface area contributed by atoms with E-state index in [0.717, 1.165) is 11.5 Å². The predicted octanol–water partition coefficient (Wildman–Crippen LogP) is 0.718. The van der Waals surface area contributed by atoms with Crippen LogP contribution in [0.1, 0.15) is 18.5 Å². The van der Waals surface area contributed by atoms with Crippen molar-refractivity contribution >= 4 is 0 Å². The first kappa shape index (κ1) is 7.43. The summed E-state index contributed by atoms with van der Waals surface area (Å²) in [5.41, 5.74) is 5.12. The molecule has 0 saturated carbocycles. The highest BCUT2D eigenvalue weighted by Gasteiger charge is 2.14. The number of fused-ring (bicyclic) bond motifs is 1. The Kier molecular flexibility index (Phi) is 1.66. The summed E-state index contributed by atoms with van der Waals surface area (Å²) in [7, 11) is 0.